The number of allylic oxidation sites excluding steroid dienone is 5. The zero-order valence-electron chi connectivity index (χ0n) is 54.8. The Morgan fingerprint density at radius 3 is 0.951 bits per heavy atom. The zero-order valence-corrected chi connectivity index (χ0v) is 54.8. The molecule has 3 N–H and O–H groups in total. The first-order valence-corrected chi connectivity index (χ1v) is 36.8. The number of aliphatic hydroxyl groups is 2. The quantitative estimate of drug-likeness (QED) is 0.0320. The largest absolute Gasteiger partial charge is 0.466 e. The molecule has 0 saturated heterocycles. The second kappa shape index (κ2) is 70.6. The van der Waals surface area contributed by atoms with Crippen LogP contribution in [0.15, 0.2) is 36.5 Å². The monoisotopic (exact) mass is 1140 g/mol. The standard InChI is InChI=1S/C75H143NO5/c1-3-5-7-9-11-13-15-17-19-21-23-29-32-35-39-43-47-51-55-59-63-67-73(78)72(71-77)76-74(79)68-64-60-56-52-48-44-40-36-33-30-27-25-24-26-28-31-34-38-42-46-50-54-58-62-66-70-81-75(80)69-65-61-57-53-49-45-41-37-22-20-18-16-14-12-10-8-6-4-2/h14,16,20,22,63,67,72-73,77-78H,3-13,15,17-19,21,23-62,64-66,68-71H2,1-2H3,(H,76,79)/b16-14-,22-20-,67-63+. The normalized spacial score (nSPS) is 12.7. The minimum atomic E-state index is -0.845. The Morgan fingerprint density at radius 2 is 0.617 bits per heavy atom. The molecule has 0 bridgehead atoms. The van der Waals surface area contributed by atoms with Crippen molar-refractivity contribution in [3.05, 3.63) is 36.5 Å². The molecule has 0 aromatic rings. The molecule has 0 aliphatic carbocycles. The van der Waals surface area contributed by atoms with E-state index >= 15 is 0 Å². The lowest BCUT2D eigenvalue weighted by molar-refractivity contribution is -0.143. The maximum atomic E-state index is 12.5. The maximum absolute atomic E-state index is 12.5. The molecule has 0 aromatic carbocycles. The summed E-state index contributed by atoms with van der Waals surface area (Å²) in [6.07, 6.45) is 90.8. The van der Waals surface area contributed by atoms with Crippen LogP contribution in [0.4, 0.5) is 0 Å². The molecule has 0 radical (unpaired) electrons. The number of unbranched alkanes of at least 4 members (excludes halogenated alkanes) is 54. The van der Waals surface area contributed by atoms with Crippen molar-refractivity contribution in [3.63, 3.8) is 0 Å². The van der Waals surface area contributed by atoms with E-state index < -0.39 is 12.1 Å². The topological polar surface area (TPSA) is 95.9 Å². The van der Waals surface area contributed by atoms with Crippen molar-refractivity contribution >= 4 is 11.9 Å². The minimum absolute atomic E-state index is 0.00930. The van der Waals surface area contributed by atoms with Crippen LogP contribution in [0.5, 0.6) is 0 Å². The summed E-state index contributed by atoms with van der Waals surface area (Å²) in [4.78, 5) is 24.6. The van der Waals surface area contributed by atoms with Crippen LogP contribution < -0.4 is 5.32 Å². The van der Waals surface area contributed by atoms with Crippen molar-refractivity contribution in [1.82, 2.24) is 5.32 Å². The summed E-state index contributed by atoms with van der Waals surface area (Å²) in [5.41, 5.74) is 0. The first kappa shape index (κ1) is 79.1. The summed E-state index contributed by atoms with van der Waals surface area (Å²) in [5, 5.41) is 23.3. The number of aliphatic hydroxyl groups excluding tert-OH is 2. The van der Waals surface area contributed by atoms with Gasteiger partial charge in [-0.15, -0.1) is 0 Å². The molecule has 0 rings (SSSR count). The predicted molar refractivity (Wildman–Crippen MR) is 356 cm³/mol. The van der Waals surface area contributed by atoms with E-state index in [1.807, 2.05) is 6.08 Å². The molecule has 0 saturated carbocycles. The van der Waals surface area contributed by atoms with E-state index in [2.05, 4.69) is 43.5 Å². The molecule has 478 valence electrons. The fourth-order valence-electron chi connectivity index (χ4n) is 11.6. The number of esters is 1. The SMILES string of the molecule is CCCCCC/C=C\C/C=C\CCCCCCCCCC(=O)OCCCCCCCCCCCCCCCCCCCCCCCCCCCC(=O)NC(CO)C(O)/C=C/CCCCCCCCCCCCCCCCCCCCC. The molecule has 0 aliphatic rings. The molecule has 0 heterocycles. The van der Waals surface area contributed by atoms with Crippen LogP contribution in [0, 0.1) is 0 Å². The molecule has 81 heavy (non-hydrogen) atoms. The van der Waals surface area contributed by atoms with Crippen LogP contribution in [0.3, 0.4) is 0 Å². The van der Waals surface area contributed by atoms with Crippen LogP contribution in [-0.2, 0) is 14.3 Å². The van der Waals surface area contributed by atoms with Gasteiger partial charge in [0.05, 0.1) is 25.4 Å². The average molecular weight is 1140 g/mol. The molecule has 2 unspecified atom stereocenters. The van der Waals surface area contributed by atoms with Crippen LogP contribution in [0.1, 0.15) is 406 Å². The summed E-state index contributed by atoms with van der Waals surface area (Å²) in [6.45, 7) is 4.92. The third-order valence-corrected chi connectivity index (χ3v) is 17.2. The van der Waals surface area contributed by atoms with Gasteiger partial charge in [-0.25, -0.2) is 0 Å². The fourth-order valence-corrected chi connectivity index (χ4v) is 11.6. The van der Waals surface area contributed by atoms with Crippen molar-refractivity contribution in [1.29, 1.82) is 0 Å². The number of amides is 1. The van der Waals surface area contributed by atoms with E-state index in [1.54, 1.807) is 6.08 Å². The Balaban J connectivity index is 3.38. The van der Waals surface area contributed by atoms with E-state index in [4.69, 9.17) is 4.74 Å². The zero-order chi connectivity index (χ0) is 58.5. The van der Waals surface area contributed by atoms with Crippen molar-refractivity contribution in [2.45, 2.75) is 418 Å². The van der Waals surface area contributed by atoms with E-state index in [0.29, 0.717) is 19.4 Å². The van der Waals surface area contributed by atoms with E-state index in [-0.39, 0.29) is 18.5 Å². The Hall–Kier alpha value is -1.92. The van der Waals surface area contributed by atoms with Crippen molar-refractivity contribution in [2.75, 3.05) is 13.2 Å². The number of hydrogen-bond donors (Lipinski definition) is 3. The molecule has 1 amide bonds. The molecule has 0 aromatic heterocycles. The third-order valence-electron chi connectivity index (χ3n) is 17.2. The van der Waals surface area contributed by atoms with E-state index in [0.717, 1.165) is 51.4 Å². The first-order valence-electron chi connectivity index (χ1n) is 36.8. The van der Waals surface area contributed by atoms with Crippen molar-refractivity contribution < 1.29 is 24.5 Å². The summed E-state index contributed by atoms with van der Waals surface area (Å²) in [6, 6.07) is -0.628. The smallest absolute Gasteiger partial charge is 0.305 e. The lowest BCUT2D eigenvalue weighted by atomic mass is 10.0. The van der Waals surface area contributed by atoms with Gasteiger partial charge < -0.3 is 20.3 Å². The lowest BCUT2D eigenvalue weighted by Crippen LogP contribution is -2.45. The number of nitrogens with one attached hydrogen (secondary N) is 1. The van der Waals surface area contributed by atoms with Gasteiger partial charge in [-0.3, -0.25) is 9.59 Å². The van der Waals surface area contributed by atoms with Crippen LogP contribution >= 0.6 is 0 Å². The van der Waals surface area contributed by atoms with Crippen LogP contribution in [0.2, 0.25) is 0 Å². The Kier molecular flexibility index (Phi) is 68.9. The maximum Gasteiger partial charge on any atom is 0.305 e. The van der Waals surface area contributed by atoms with E-state index in [1.165, 1.54) is 327 Å². The summed E-state index contributed by atoms with van der Waals surface area (Å²) < 4.78 is 5.50. The minimum Gasteiger partial charge on any atom is -0.466 e. The molecular weight excluding hydrogens is 995 g/mol. The highest BCUT2D eigenvalue weighted by Crippen LogP contribution is 2.19. The molecule has 6 nitrogen and oxygen atoms in total. The number of carbonyl (C=O) groups excluding carboxylic acids is 2. The molecule has 0 fully saturated rings. The molecular formula is C75H143NO5. The Labute approximate surface area is 506 Å². The number of rotatable bonds is 69. The van der Waals surface area contributed by atoms with Gasteiger partial charge in [0, 0.05) is 12.8 Å². The second-order valence-corrected chi connectivity index (χ2v) is 25.3. The Bertz CT molecular complexity index is 1310. The predicted octanol–water partition coefficient (Wildman–Crippen LogP) is 23.9. The summed E-state index contributed by atoms with van der Waals surface area (Å²) in [5.74, 6) is -0.0531. The number of carbonyl (C=O) groups is 2. The van der Waals surface area contributed by atoms with Gasteiger partial charge in [-0.05, 0) is 64.2 Å². The molecule has 6 heteroatoms. The van der Waals surface area contributed by atoms with Gasteiger partial charge in [-0.2, -0.15) is 0 Å². The van der Waals surface area contributed by atoms with Gasteiger partial charge >= 0.3 is 5.97 Å². The second-order valence-electron chi connectivity index (χ2n) is 25.3. The summed E-state index contributed by atoms with van der Waals surface area (Å²) in [7, 11) is 0. The molecule has 0 aliphatic heterocycles. The lowest BCUT2D eigenvalue weighted by Gasteiger charge is -2.20. The summed E-state index contributed by atoms with van der Waals surface area (Å²) >= 11 is 0. The van der Waals surface area contributed by atoms with Gasteiger partial charge in [0.2, 0.25) is 5.91 Å². The molecule has 0 spiro atoms. The highest BCUT2D eigenvalue weighted by molar-refractivity contribution is 5.76. The van der Waals surface area contributed by atoms with Crippen molar-refractivity contribution in [2.24, 2.45) is 0 Å². The molecule has 2 atom stereocenters. The van der Waals surface area contributed by atoms with E-state index in [9.17, 15) is 19.8 Å². The highest BCUT2D eigenvalue weighted by Gasteiger charge is 2.18. The number of hydrogen-bond acceptors (Lipinski definition) is 5. The third kappa shape index (κ3) is 67.1. The van der Waals surface area contributed by atoms with Gasteiger partial charge in [0.15, 0.2) is 0 Å². The Morgan fingerprint density at radius 1 is 0.346 bits per heavy atom. The fraction of sp³-hybridized carbons (Fsp3) is 0.893. The van der Waals surface area contributed by atoms with Gasteiger partial charge in [0.25, 0.3) is 0 Å². The van der Waals surface area contributed by atoms with Crippen LogP contribution in [0.25, 0.3) is 0 Å². The van der Waals surface area contributed by atoms with Gasteiger partial charge in [0.1, 0.15) is 0 Å². The number of ether oxygens (including phenoxy) is 1. The average Bonchev–Trinajstić information content (AvgIpc) is 3.47. The van der Waals surface area contributed by atoms with Gasteiger partial charge in [-0.1, -0.05) is 365 Å². The van der Waals surface area contributed by atoms with Crippen LogP contribution in [-0.4, -0.2) is 47.4 Å². The van der Waals surface area contributed by atoms with Crippen molar-refractivity contribution in [3.8, 4) is 0 Å². The highest BCUT2D eigenvalue weighted by atomic mass is 16.5. The first-order chi connectivity index (χ1) is 40.0.